The molecule has 0 bridgehead atoms. The quantitative estimate of drug-likeness (QED) is 0.864. The zero-order valence-corrected chi connectivity index (χ0v) is 13.9. The summed E-state index contributed by atoms with van der Waals surface area (Å²) < 4.78 is 0. The zero-order chi connectivity index (χ0) is 15.4. The molecule has 1 saturated heterocycles. The Hall–Kier alpha value is -1.36. The number of carbonyl (C=O) groups is 1. The Morgan fingerprint density at radius 3 is 2.86 bits per heavy atom. The molecular formula is C17H20ClN2OS+. The van der Waals surface area contributed by atoms with Gasteiger partial charge in [0.15, 0.2) is 6.54 Å². The molecule has 0 aliphatic carbocycles. The van der Waals surface area contributed by atoms with Gasteiger partial charge in [-0.3, -0.25) is 4.79 Å². The van der Waals surface area contributed by atoms with Crippen molar-refractivity contribution < 1.29 is 9.69 Å². The van der Waals surface area contributed by atoms with Gasteiger partial charge in [0.2, 0.25) is 0 Å². The van der Waals surface area contributed by atoms with E-state index in [2.05, 4.69) is 22.8 Å². The molecule has 1 aromatic heterocycles. The van der Waals surface area contributed by atoms with Gasteiger partial charge in [0.05, 0.1) is 11.4 Å². The summed E-state index contributed by atoms with van der Waals surface area (Å²) in [4.78, 5) is 15.0. The maximum Gasteiger partial charge on any atom is 0.275 e. The van der Waals surface area contributed by atoms with Crippen LogP contribution in [0.15, 0.2) is 41.8 Å². The fourth-order valence-electron chi connectivity index (χ4n) is 3.03. The first kappa shape index (κ1) is 15.5. The number of rotatable bonds is 5. The van der Waals surface area contributed by atoms with Crippen molar-refractivity contribution in [1.29, 1.82) is 0 Å². The molecule has 1 aliphatic rings. The Kier molecular flexibility index (Phi) is 5.13. The first-order valence-electron chi connectivity index (χ1n) is 7.61. The Balaban J connectivity index is 1.52. The van der Waals surface area contributed by atoms with Gasteiger partial charge in [0.25, 0.3) is 5.91 Å². The molecule has 116 valence electrons. The first-order chi connectivity index (χ1) is 10.7. The maximum absolute atomic E-state index is 12.2. The fraction of sp³-hybridized carbons (Fsp3) is 0.353. The lowest BCUT2D eigenvalue weighted by atomic mass is 10.2. The molecule has 0 spiro atoms. The normalized spacial score (nSPS) is 21.0. The monoisotopic (exact) mass is 335 g/mol. The second-order valence-electron chi connectivity index (χ2n) is 5.70. The van der Waals surface area contributed by atoms with E-state index in [4.69, 9.17) is 11.6 Å². The van der Waals surface area contributed by atoms with Crippen LogP contribution in [0.25, 0.3) is 0 Å². The highest BCUT2D eigenvalue weighted by molar-refractivity contribution is 7.10. The number of amides is 1. The molecule has 0 radical (unpaired) electrons. The van der Waals surface area contributed by atoms with E-state index < -0.39 is 0 Å². The van der Waals surface area contributed by atoms with Gasteiger partial charge in [0, 0.05) is 24.4 Å². The van der Waals surface area contributed by atoms with Crippen LogP contribution in [0.5, 0.6) is 0 Å². The highest BCUT2D eigenvalue weighted by Gasteiger charge is 2.32. The van der Waals surface area contributed by atoms with Gasteiger partial charge in [-0.2, -0.15) is 0 Å². The van der Waals surface area contributed by atoms with Crippen LogP contribution in [0, 0.1) is 0 Å². The van der Waals surface area contributed by atoms with Gasteiger partial charge in [0.1, 0.15) is 6.04 Å². The molecule has 0 saturated carbocycles. The van der Waals surface area contributed by atoms with Crippen molar-refractivity contribution >= 4 is 28.8 Å². The SMILES string of the molecule is O=C(C[NH+]1CCC[C@H]1c1cccs1)NCc1ccc(Cl)cc1. The van der Waals surface area contributed by atoms with E-state index in [0.717, 1.165) is 17.1 Å². The summed E-state index contributed by atoms with van der Waals surface area (Å²) in [6.07, 6.45) is 2.38. The Labute approximate surface area is 139 Å². The standard InChI is InChI=1S/C17H19ClN2OS/c18-14-7-5-13(6-8-14)11-19-17(21)12-20-9-1-3-15(20)16-4-2-10-22-16/h2,4-8,10,15H,1,3,9,11-12H2,(H,19,21)/p+1/t15-/m0/s1. The third-order valence-corrected chi connectivity index (χ3v) is 5.40. The topological polar surface area (TPSA) is 33.5 Å². The van der Waals surface area contributed by atoms with E-state index in [1.165, 1.54) is 22.6 Å². The summed E-state index contributed by atoms with van der Waals surface area (Å²) in [5.41, 5.74) is 1.07. The van der Waals surface area contributed by atoms with Gasteiger partial charge in [-0.15, -0.1) is 11.3 Å². The predicted octanol–water partition coefficient (Wildman–Crippen LogP) is 2.44. The van der Waals surface area contributed by atoms with Crippen LogP contribution < -0.4 is 10.2 Å². The molecule has 3 nitrogen and oxygen atoms in total. The molecule has 3 rings (SSSR count). The molecule has 1 fully saturated rings. The van der Waals surface area contributed by atoms with Crippen molar-refractivity contribution in [2.75, 3.05) is 13.1 Å². The van der Waals surface area contributed by atoms with E-state index in [9.17, 15) is 4.79 Å². The van der Waals surface area contributed by atoms with Crippen LogP contribution in [-0.2, 0) is 11.3 Å². The summed E-state index contributed by atoms with van der Waals surface area (Å²) in [6, 6.07) is 12.4. The van der Waals surface area contributed by atoms with Crippen molar-refractivity contribution in [1.82, 2.24) is 5.32 Å². The zero-order valence-electron chi connectivity index (χ0n) is 12.3. The van der Waals surface area contributed by atoms with Crippen LogP contribution >= 0.6 is 22.9 Å². The number of hydrogen-bond donors (Lipinski definition) is 2. The number of halogens is 1. The number of thiophene rings is 1. The van der Waals surface area contributed by atoms with Gasteiger partial charge < -0.3 is 10.2 Å². The second kappa shape index (κ2) is 7.27. The Morgan fingerprint density at radius 2 is 2.14 bits per heavy atom. The molecular weight excluding hydrogens is 316 g/mol. The number of hydrogen-bond acceptors (Lipinski definition) is 2. The maximum atomic E-state index is 12.2. The summed E-state index contributed by atoms with van der Waals surface area (Å²) in [5.74, 6) is 0.119. The molecule has 5 heteroatoms. The van der Waals surface area contributed by atoms with E-state index in [0.29, 0.717) is 19.1 Å². The van der Waals surface area contributed by atoms with Gasteiger partial charge >= 0.3 is 0 Å². The number of carbonyl (C=O) groups excluding carboxylic acids is 1. The van der Waals surface area contributed by atoms with Crippen LogP contribution in [0.3, 0.4) is 0 Å². The molecule has 2 aromatic rings. The molecule has 1 aromatic carbocycles. The highest BCUT2D eigenvalue weighted by Crippen LogP contribution is 2.23. The molecule has 2 N–H and O–H groups in total. The number of benzene rings is 1. The lowest BCUT2D eigenvalue weighted by Crippen LogP contribution is -3.11. The predicted molar refractivity (Wildman–Crippen MR) is 90.3 cm³/mol. The van der Waals surface area contributed by atoms with E-state index in [1.54, 1.807) is 11.3 Å². The first-order valence-corrected chi connectivity index (χ1v) is 8.87. The molecule has 2 heterocycles. The minimum Gasteiger partial charge on any atom is -0.347 e. The average molecular weight is 336 g/mol. The van der Waals surface area contributed by atoms with Crippen LogP contribution in [0.1, 0.15) is 29.3 Å². The van der Waals surface area contributed by atoms with E-state index in [-0.39, 0.29) is 5.91 Å². The fourth-order valence-corrected chi connectivity index (χ4v) is 4.07. The lowest BCUT2D eigenvalue weighted by Gasteiger charge is -2.20. The summed E-state index contributed by atoms with van der Waals surface area (Å²) in [7, 11) is 0. The van der Waals surface area contributed by atoms with Crippen LogP contribution in [-0.4, -0.2) is 19.0 Å². The van der Waals surface area contributed by atoms with E-state index in [1.807, 2.05) is 24.3 Å². The third-order valence-electron chi connectivity index (χ3n) is 4.16. The van der Waals surface area contributed by atoms with Gasteiger partial charge in [-0.25, -0.2) is 0 Å². The van der Waals surface area contributed by atoms with Crippen molar-refractivity contribution in [2.24, 2.45) is 0 Å². The molecule has 1 unspecified atom stereocenters. The second-order valence-corrected chi connectivity index (χ2v) is 7.11. The number of nitrogens with one attached hydrogen (secondary N) is 2. The summed E-state index contributed by atoms with van der Waals surface area (Å²) >= 11 is 7.66. The van der Waals surface area contributed by atoms with Crippen molar-refractivity contribution in [3.05, 3.63) is 57.2 Å². The highest BCUT2D eigenvalue weighted by atomic mass is 35.5. The minimum absolute atomic E-state index is 0.119. The summed E-state index contributed by atoms with van der Waals surface area (Å²) in [5, 5.41) is 5.85. The summed E-state index contributed by atoms with van der Waals surface area (Å²) in [6.45, 7) is 2.19. The van der Waals surface area contributed by atoms with Crippen LogP contribution in [0.2, 0.25) is 5.02 Å². The lowest BCUT2D eigenvalue weighted by molar-refractivity contribution is -0.910. The smallest absolute Gasteiger partial charge is 0.275 e. The Morgan fingerprint density at radius 1 is 1.32 bits per heavy atom. The van der Waals surface area contributed by atoms with Crippen molar-refractivity contribution in [2.45, 2.75) is 25.4 Å². The minimum atomic E-state index is 0.119. The van der Waals surface area contributed by atoms with Crippen molar-refractivity contribution in [3.8, 4) is 0 Å². The van der Waals surface area contributed by atoms with Gasteiger partial charge in [-0.1, -0.05) is 29.8 Å². The molecule has 1 amide bonds. The number of likely N-dealkylation sites (tertiary alicyclic amines) is 1. The molecule has 2 atom stereocenters. The molecule has 1 aliphatic heterocycles. The van der Waals surface area contributed by atoms with E-state index >= 15 is 0 Å². The third kappa shape index (κ3) is 3.88. The average Bonchev–Trinajstić information content (AvgIpc) is 3.17. The number of quaternary nitrogens is 1. The van der Waals surface area contributed by atoms with Gasteiger partial charge in [-0.05, 0) is 29.1 Å². The largest absolute Gasteiger partial charge is 0.347 e. The van der Waals surface area contributed by atoms with Crippen LogP contribution in [0.4, 0.5) is 0 Å². The Bertz CT molecular complexity index is 612. The molecule has 22 heavy (non-hydrogen) atoms. The van der Waals surface area contributed by atoms with Crippen molar-refractivity contribution in [3.63, 3.8) is 0 Å².